The highest BCUT2D eigenvalue weighted by Crippen LogP contribution is 2.66. The monoisotopic (exact) mass is 270 g/mol. The lowest BCUT2D eigenvalue weighted by Gasteiger charge is -2.63. The topological polar surface area (TPSA) is 0 Å². The second-order valence-electron chi connectivity index (χ2n) is 10.0. The Labute approximate surface area is 124 Å². The Morgan fingerprint density at radius 2 is 0.550 bits per heavy atom. The molecule has 0 unspecified atom stereocenters. The molecule has 8 bridgehead atoms. The molecule has 0 aromatic rings. The van der Waals surface area contributed by atoms with Gasteiger partial charge in [0, 0.05) is 0 Å². The van der Waals surface area contributed by atoms with Crippen LogP contribution in [0.3, 0.4) is 0 Å². The van der Waals surface area contributed by atoms with Crippen LogP contribution < -0.4 is 0 Å². The molecule has 0 heteroatoms. The van der Waals surface area contributed by atoms with Crippen LogP contribution in [0.2, 0.25) is 0 Å². The van der Waals surface area contributed by atoms with E-state index in [0.29, 0.717) is 0 Å². The van der Waals surface area contributed by atoms with Gasteiger partial charge < -0.3 is 0 Å². The normalized spacial score (nSPS) is 66.0. The molecule has 0 aromatic carbocycles. The van der Waals surface area contributed by atoms with Gasteiger partial charge in [0.1, 0.15) is 0 Å². The van der Waals surface area contributed by atoms with E-state index < -0.39 is 0 Å². The Morgan fingerprint density at radius 1 is 0.300 bits per heavy atom. The van der Waals surface area contributed by atoms with E-state index in [1.165, 1.54) is 59.2 Å². The highest BCUT2D eigenvalue weighted by molar-refractivity contribution is 5.06. The highest BCUT2D eigenvalue weighted by Gasteiger charge is 2.57. The summed E-state index contributed by atoms with van der Waals surface area (Å²) >= 11 is 0. The van der Waals surface area contributed by atoms with Crippen LogP contribution in [0.5, 0.6) is 0 Å². The zero-order chi connectivity index (χ0) is 12.8. The van der Waals surface area contributed by atoms with Crippen LogP contribution in [0.25, 0.3) is 0 Å². The summed E-state index contributed by atoms with van der Waals surface area (Å²) in [6, 6.07) is 0. The summed E-state index contributed by atoms with van der Waals surface area (Å²) in [4.78, 5) is 0. The fourth-order valence-corrected chi connectivity index (χ4v) is 9.19. The number of hydrogen-bond acceptors (Lipinski definition) is 0. The first-order valence-electron chi connectivity index (χ1n) is 9.83. The Kier molecular flexibility index (Phi) is 2.22. The smallest absolute Gasteiger partial charge is 0.0323 e. The molecule has 110 valence electrons. The molecule has 8 saturated carbocycles. The van der Waals surface area contributed by atoms with Gasteiger partial charge in [-0.1, -0.05) is 0 Å². The fourth-order valence-electron chi connectivity index (χ4n) is 9.19. The summed E-state index contributed by atoms with van der Waals surface area (Å²) in [6.07, 6.45) is 16.5. The molecule has 8 aliphatic carbocycles. The van der Waals surface area contributed by atoms with E-state index in [1.54, 1.807) is 64.2 Å². The molecule has 8 aliphatic rings. The first-order chi connectivity index (χ1) is 9.83. The Morgan fingerprint density at radius 3 is 0.800 bits per heavy atom. The van der Waals surface area contributed by atoms with Crippen molar-refractivity contribution in [1.29, 1.82) is 0 Å². The van der Waals surface area contributed by atoms with E-state index in [-0.39, 0.29) is 0 Å². The number of fused-ring (bicyclic) bond motifs is 1. The van der Waals surface area contributed by atoms with Crippen molar-refractivity contribution >= 4 is 0 Å². The van der Waals surface area contributed by atoms with Gasteiger partial charge in [-0.15, -0.1) is 0 Å². The SMILES string of the molecule is C1C2CC3CC1CC(C2)C3C1C2CC3CC(C2)CC1C3. The molecule has 0 amide bonds. The highest BCUT2D eigenvalue weighted by atomic mass is 14.6. The maximum Gasteiger partial charge on any atom is -0.0323 e. The van der Waals surface area contributed by atoms with Crippen molar-refractivity contribution < 1.29 is 0 Å². The molecule has 0 saturated heterocycles. The molecule has 0 nitrogen and oxygen atoms in total. The van der Waals surface area contributed by atoms with Gasteiger partial charge in [0.15, 0.2) is 0 Å². The van der Waals surface area contributed by atoms with Crippen molar-refractivity contribution in [2.45, 2.75) is 64.2 Å². The van der Waals surface area contributed by atoms with Gasteiger partial charge >= 0.3 is 0 Å². The molecule has 0 N–H and O–H groups in total. The maximum atomic E-state index is 1.65. The number of hydrogen-bond donors (Lipinski definition) is 0. The third kappa shape index (κ3) is 1.45. The van der Waals surface area contributed by atoms with Crippen molar-refractivity contribution in [2.24, 2.45) is 59.2 Å². The molecule has 0 aliphatic heterocycles. The minimum Gasteiger partial charge on any atom is -0.0475 e. The van der Waals surface area contributed by atoms with Crippen LogP contribution in [0, 0.1) is 59.2 Å². The molecule has 0 atom stereocenters. The van der Waals surface area contributed by atoms with Crippen molar-refractivity contribution in [1.82, 2.24) is 0 Å². The van der Waals surface area contributed by atoms with E-state index in [4.69, 9.17) is 0 Å². The van der Waals surface area contributed by atoms with Crippen LogP contribution in [-0.4, -0.2) is 0 Å². The minimum atomic E-state index is 1.17. The second kappa shape index (κ2) is 3.85. The van der Waals surface area contributed by atoms with Gasteiger partial charge in [-0.05, 0) is 123 Å². The second-order valence-corrected chi connectivity index (χ2v) is 10.0. The zero-order valence-corrected chi connectivity index (χ0v) is 12.8. The lowest BCUT2D eigenvalue weighted by atomic mass is 9.42. The first-order valence-corrected chi connectivity index (χ1v) is 9.83. The number of rotatable bonds is 1. The molecule has 0 heterocycles. The summed E-state index contributed by atoms with van der Waals surface area (Å²) in [5, 5.41) is 0. The summed E-state index contributed by atoms with van der Waals surface area (Å²) in [7, 11) is 0. The molecule has 8 rings (SSSR count). The summed E-state index contributed by atoms with van der Waals surface area (Å²) in [5.74, 6) is 11.9. The van der Waals surface area contributed by atoms with Gasteiger partial charge in [0.2, 0.25) is 0 Å². The van der Waals surface area contributed by atoms with Crippen molar-refractivity contribution in [3.63, 3.8) is 0 Å². The predicted octanol–water partition coefficient (Wildman–Crippen LogP) is 5.13. The molecule has 8 fully saturated rings. The van der Waals surface area contributed by atoms with Crippen molar-refractivity contribution in [3.05, 3.63) is 0 Å². The van der Waals surface area contributed by atoms with E-state index in [0.717, 1.165) is 0 Å². The van der Waals surface area contributed by atoms with E-state index in [9.17, 15) is 0 Å². The third-order valence-corrected chi connectivity index (χ3v) is 9.04. The summed E-state index contributed by atoms with van der Waals surface area (Å²) in [5.41, 5.74) is 0. The van der Waals surface area contributed by atoms with E-state index >= 15 is 0 Å². The van der Waals surface area contributed by atoms with Gasteiger partial charge in [-0.25, -0.2) is 0 Å². The predicted molar refractivity (Wildman–Crippen MR) is 81.1 cm³/mol. The largest absolute Gasteiger partial charge is 0.0475 e. The molecule has 20 heavy (non-hydrogen) atoms. The molecule has 0 spiro atoms. The summed E-state index contributed by atoms with van der Waals surface area (Å²) < 4.78 is 0. The molecule has 0 aromatic heterocycles. The van der Waals surface area contributed by atoms with Crippen molar-refractivity contribution in [3.8, 4) is 0 Å². The average molecular weight is 270 g/mol. The third-order valence-electron chi connectivity index (χ3n) is 9.04. The maximum absolute atomic E-state index is 1.65. The van der Waals surface area contributed by atoms with Crippen LogP contribution in [0.15, 0.2) is 0 Å². The van der Waals surface area contributed by atoms with Crippen LogP contribution in [0.4, 0.5) is 0 Å². The molecular formula is C20H30. The van der Waals surface area contributed by atoms with Crippen LogP contribution in [-0.2, 0) is 0 Å². The van der Waals surface area contributed by atoms with Gasteiger partial charge in [0.05, 0.1) is 0 Å². The van der Waals surface area contributed by atoms with E-state index in [1.807, 2.05) is 0 Å². The standard InChI is InChI=1S/C20H30/c1-11-3-15-5-12(1)6-16(4-11)19(15)20-17-7-13-2-14(9-17)10-18(20)8-13/h11-20H,1-10H2. The molecular weight excluding hydrogens is 240 g/mol. The summed E-state index contributed by atoms with van der Waals surface area (Å²) in [6.45, 7) is 0. The van der Waals surface area contributed by atoms with Crippen molar-refractivity contribution in [2.75, 3.05) is 0 Å². The Hall–Kier alpha value is 0. The first kappa shape index (κ1) is 11.6. The van der Waals surface area contributed by atoms with Crippen LogP contribution >= 0.6 is 0 Å². The molecule has 0 radical (unpaired) electrons. The lowest BCUT2D eigenvalue weighted by molar-refractivity contribution is -0.137. The van der Waals surface area contributed by atoms with Gasteiger partial charge in [-0.3, -0.25) is 0 Å². The van der Waals surface area contributed by atoms with Gasteiger partial charge in [0.25, 0.3) is 0 Å². The quantitative estimate of drug-likeness (QED) is 0.619. The minimum absolute atomic E-state index is 1.17. The van der Waals surface area contributed by atoms with Crippen LogP contribution in [0.1, 0.15) is 64.2 Å². The van der Waals surface area contributed by atoms with E-state index in [2.05, 4.69) is 0 Å². The fraction of sp³-hybridized carbons (Fsp3) is 1.00. The lowest BCUT2D eigenvalue weighted by Crippen LogP contribution is -2.55. The Bertz CT molecular complexity index is 326. The average Bonchev–Trinajstić information content (AvgIpc) is 2.39. The van der Waals surface area contributed by atoms with Gasteiger partial charge in [-0.2, -0.15) is 0 Å². The zero-order valence-electron chi connectivity index (χ0n) is 12.8. The Balaban J connectivity index is 1.34.